The number of fused-ring (bicyclic) bond motifs is 1. The summed E-state index contributed by atoms with van der Waals surface area (Å²) in [7, 11) is 0. The summed E-state index contributed by atoms with van der Waals surface area (Å²) in [6, 6.07) is 7.69. The average molecular weight is 326 g/mol. The molecule has 0 unspecified atom stereocenters. The van der Waals surface area contributed by atoms with Crippen LogP contribution in [-0.2, 0) is 4.74 Å². The summed E-state index contributed by atoms with van der Waals surface area (Å²) in [5.74, 6) is -0.0432. The molecule has 1 fully saturated rings. The van der Waals surface area contributed by atoms with E-state index in [1.807, 2.05) is 29.6 Å². The van der Waals surface area contributed by atoms with E-state index >= 15 is 0 Å². The molecule has 1 aliphatic heterocycles. The van der Waals surface area contributed by atoms with Crippen molar-refractivity contribution in [2.75, 3.05) is 26.3 Å². The van der Waals surface area contributed by atoms with Crippen LogP contribution in [0, 0.1) is 0 Å². The first-order valence-electron chi connectivity index (χ1n) is 7.36. The van der Waals surface area contributed by atoms with Crippen LogP contribution in [0.25, 0.3) is 22.4 Å². The molecular weight excluding hydrogens is 312 g/mol. The quantitative estimate of drug-likeness (QED) is 0.722. The van der Waals surface area contributed by atoms with Crippen LogP contribution in [0.5, 0.6) is 0 Å². The van der Waals surface area contributed by atoms with Crippen LogP contribution in [0.15, 0.2) is 35.8 Å². The maximum atomic E-state index is 12.4. The van der Waals surface area contributed by atoms with Gasteiger partial charge < -0.3 is 9.64 Å². The first-order chi connectivity index (χ1) is 11.3. The maximum Gasteiger partial charge on any atom is 0.283 e. The van der Waals surface area contributed by atoms with Crippen molar-refractivity contribution in [2.24, 2.45) is 0 Å². The summed E-state index contributed by atoms with van der Waals surface area (Å²) in [5.41, 5.74) is 3.03. The molecule has 1 aromatic carbocycles. The minimum absolute atomic E-state index is 0.0432. The molecule has 0 saturated carbocycles. The van der Waals surface area contributed by atoms with Gasteiger partial charge >= 0.3 is 0 Å². The Bertz CT molecular complexity index is 858. The van der Waals surface area contributed by atoms with Crippen LogP contribution in [0.2, 0.25) is 0 Å². The summed E-state index contributed by atoms with van der Waals surface area (Å²) in [5, 5.41) is 2.34. The van der Waals surface area contributed by atoms with Gasteiger partial charge in [-0.25, -0.2) is 9.97 Å². The summed E-state index contributed by atoms with van der Waals surface area (Å²) >= 11 is 1.34. The van der Waals surface area contributed by atoms with E-state index < -0.39 is 0 Å². The lowest BCUT2D eigenvalue weighted by atomic mass is 10.3. The number of aromatic nitrogens is 3. The highest BCUT2D eigenvalue weighted by atomic mass is 32.1. The third-order valence-corrected chi connectivity index (χ3v) is 4.53. The SMILES string of the molecule is O=C(c1nc(-c2cnc3ccccc3n2)cs1)N1CCOCC1. The lowest BCUT2D eigenvalue weighted by molar-refractivity contribution is 0.0303. The summed E-state index contributed by atoms with van der Waals surface area (Å²) in [6.07, 6.45) is 1.69. The fourth-order valence-electron chi connectivity index (χ4n) is 2.47. The second-order valence-electron chi connectivity index (χ2n) is 5.19. The smallest absolute Gasteiger partial charge is 0.283 e. The minimum atomic E-state index is -0.0432. The fraction of sp³-hybridized carbons (Fsp3) is 0.250. The van der Waals surface area contributed by atoms with Crippen LogP contribution in [0.3, 0.4) is 0 Å². The Labute approximate surface area is 136 Å². The van der Waals surface area contributed by atoms with Crippen LogP contribution < -0.4 is 0 Å². The first kappa shape index (κ1) is 14.2. The van der Waals surface area contributed by atoms with Gasteiger partial charge in [-0.15, -0.1) is 11.3 Å². The molecule has 23 heavy (non-hydrogen) atoms. The maximum absolute atomic E-state index is 12.4. The summed E-state index contributed by atoms with van der Waals surface area (Å²) in [6.45, 7) is 2.40. The number of nitrogens with zero attached hydrogens (tertiary/aromatic N) is 4. The van der Waals surface area contributed by atoms with E-state index in [1.54, 1.807) is 11.1 Å². The molecule has 2 aromatic heterocycles. The number of carbonyl (C=O) groups is 1. The lowest BCUT2D eigenvalue weighted by Crippen LogP contribution is -2.40. The van der Waals surface area contributed by atoms with E-state index in [1.165, 1.54) is 11.3 Å². The Kier molecular flexibility index (Phi) is 3.72. The lowest BCUT2D eigenvalue weighted by Gasteiger charge is -2.25. The molecule has 4 rings (SSSR count). The Morgan fingerprint density at radius 3 is 2.70 bits per heavy atom. The van der Waals surface area contributed by atoms with E-state index in [4.69, 9.17) is 4.74 Å². The standard InChI is InChI=1S/C16H14N4O2S/c21-16(20-5-7-22-8-6-20)15-19-14(10-23-15)13-9-17-11-3-1-2-4-12(11)18-13/h1-4,9-10H,5-8H2. The predicted molar refractivity (Wildman–Crippen MR) is 87.4 cm³/mol. The molecule has 116 valence electrons. The number of hydrogen-bond donors (Lipinski definition) is 0. The molecule has 0 bridgehead atoms. The third-order valence-electron chi connectivity index (χ3n) is 3.70. The van der Waals surface area contributed by atoms with Gasteiger partial charge in [-0.2, -0.15) is 0 Å². The second kappa shape index (κ2) is 6.02. The molecule has 3 aromatic rings. The number of amides is 1. The highest BCUT2D eigenvalue weighted by Gasteiger charge is 2.21. The van der Waals surface area contributed by atoms with Gasteiger partial charge in [0.25, 0.3) is 5.91 Å². The number of para-hydroxylation sites is 2. The number of benzene rings is 1. The minimum Gasteiger partial charge on any atom is -0.378 e. The Morgan fingerprint density at radius 1 is 1.09 bits per heavy atom. The van der Waals surface area contributed by atoms with Crippen molar-refractivity contribution in [3.8, 4) is 11.4 Å². The van der Waals surface area contributed by atoms with Crippen LogP contribution in [0.4, 0.5) is 0 Å². The van der Waals surface area contributed by atoms with E-state index in [9.17, 15) is 4.79 Å². The van der Waals surface area contributed by atoms with Crippen molar-refractivity contribution in [1.82, 2.24) is 19.9 Å². The van der Waals surface area contributed by atoms with E-state index in [2.05, 4.69) is 15.0 Å². The third kappa shape index (κ3) is 2.80. The summed E-state index contributed by atoms with van der Waals surface area (Å²) in [4.78, 5) is 27.6. The van der Waals surface area contributed by atoms with E-state index in [0.29, 0.717) is 42.7 Å². The topological polar surface area (TPSA) is 68.2 Å². The molecular formula is C16H14N4O2S. The molecule has 1 aliphatic rings. The van der Waals surface area contributed by atoms with Gasteiger partial charge in [0.2, 0.25) is 0 Å². The number of thiazole rings is 1. The van der Waals surface area contributed by atoms with Crippen molar-refractivity contribution in [3.05, 3.63) is 40.8 Å². The molecule has 0 spiro atoms. The molecule has 0 N–H and O–H groups in total. The number of ether oxygens (including phenoxy) is 1. The molecule has 7 heteroatoms. The molecule has 0 atom stereocenters. The van der Waals surface area contributed by atoms with Crippen molar-refractivity contribution in [1.29, 1.82) is 0 Å². The molecule has 6 nitrogen and oxygen atoms in total. The number of carbonyl (C=O) groups excluding carboxylic acids is 1. The molecule has 1 saturated heterocycles. The van der Waals surface area contributed by atoms with Crippen molar-refractivity contribution >= 4 is 28.3 Å². The van der Waals surface area contributed by atoms with Crippen LogP contribution >= 0.6 is 11.3 Å². The van der Waals surface area contributed by atoms with Crippen LogP contribution in [-0.4, -0.2) is 52.1 Å². The molecule has 0 radical (unpaired) electrons. The monoisotopic (exact) mass is 326 g/mol. The number of morpholine rings is 1. The van der Waals surface area contributed by atoms with Gasteiger partial charge in [-0.05, 0) is 12.1 Å². The average Bonchev–Trinajstić information content (AvgIpc) is 3.11. The molecule has 1 amide bonds. The van der Waals surface area contributed by atoms with Crippen molar-refractivity contribution in [2.45, 2.75) is 0 Å². The zero-order chi connectivity index (χ0) is 15.6. The Balaban J connectivity index is 1.62. The molecule has 3 heterocycles. The fourth-order valence-corrected chi connectivity index (χ4v) is 3.25. The van der Waals surface area contributed by atoms with Crippen molar-refractivity contribution < 1.29 is 9.53 Å². The highest BCUT2D eigenvalue weighted by molar-refractivity contribution is 7.12. The van der Waals surface area contributed by atoms with Gasteiger partial charge in [-0.1, -0.05) is 12.1 Å². The second-order valence-corrected chi connectivity index (χ2v) is 6.04. The Hall–Kier alpha value is -2.38. The van der Waals surface area contributed by atoms with Gasteiger partial charge in [-0.3, -0.25) is 9.78 Å². The van der Waals surface area contributed by atoms with E-state index in [0.717, 1.165) is 11.0 Å². The van der Waals surface area contributed by atoms with E-state index in [-0.39, 0.29) is 5.91 Å². The molecule has 0 aliphatic carbocycles. The highest BCUT2D eigenvalue weighted by Crippen LogP contribution is 2.22. The van der Waals surface area contributed by atoms with Gasteiger partial charge in [0, 0.05) is 18.5 Å². The predicted octanol–water partition coefficient (Wildman–Crippen LogP) is 2.23. The normalized spacial score (nSPS) is 15.0. The number of rotatable bonds is 2. The van der Waals surface area contributed by atoms with Gasteiger partial charge in [0.1, 0.15) is 11.4 Å². The van der Waals surface area contributed by atoms with Gasteiger partial charge in [0.05, 0.1) is 30.4 Å². The largest absolute Gasteiger partial charge is 0.378 e. The van der Waals surface area contributed by atoms with Crippen LogP contribution in [0.1, 0.15) is 9.80 Å². The number of hydrogen-bond acceptors (Lipinski definition) is 6. The van der Waals surface area contributed by atoms with Gasteiger partial charge in [0.15, 0.2) is 5.01 Å². The first-order valence-corrected chi connectivity index (χ1v) is 8.24. The Morgan fingerprint density at radius 2 is 1.87 bits per heavy atom. The zero-order valence-electron chi connectivity index (χ0n) is 12.3. The zero-order valence-corrected chi connectivity index (χ0v) is 13.1. The van der Waals surface area contributed by atoms with Crippen molar-refractivity contribution in [3.63, 3.8) is 0 Å². The summed E-state index contributed by atoms with van der Waals surface area (Å²) < 4.78 is 5.27.